The molecule has 2 atom stereocenters. The second kappa shape index (κ2) is 6.95. The molecule has 0 bridgehead atoms. The van der Waals surface area contributed by atoms with Crippen molar-refractivity contribution in [2.45, 2.75) is 55.1 Å². The number of pyridine rings is 1. The van der Waals surface area contributed by atoms with Gasteiger partial charge in [-0.05, 0) is 45.1 Å². The number of carbonyl (C=O) groups is 1. The zero-order valence-electron chi connectivity index (χ0n) is 17.9. The Balaban J connectivity index is 1.78. The van der Waals surface area contributed by atoms with E-state index in [4.69, 9.17) is 16.2 Å². The maximum Gasteiger partial charge on any atom is 0.201 e. The van der Waals surface area contributed by atoms with Crippen molar-refractivity contribution in [1.29, 1.82) is 0 Å². The number of hydrogen-bond donors (Lipinski definition) is 2. The molecule has 166 valence electrons. The molecule has 1 aliphatic carbocycles. The number of halogens is 1. The van der Waals surface area contributed by atoms with Crippen LogP contribution < -0.4 is 26.5 Å². The lowest BCUT2D eigenvalue weighted by molar-refractivity contribution is 0.0991. The molecule has 2 fully saturated rings. The summed E-state index contributed by atoms with van der Waals surface area (Å²) in [6.45, 7) is 5.24. The summed E-state index contributed by atoms with van der Waals surface area (Å²) < 4.78 is 23.2. The summed E-state index contributed by atoms with van der Waals surface area (Å²) in [5.74, 6) is -0.367. The van der Waals surface area contributed by atoms with Crippen molar-refractivity contribution in [1.82, 2.24) is 4.57 Å². The second-order valence-corrected chi connectivity index (χ2v) is 10.5. The number of ketones is 1. The molecule has 9 heteroatoms. The number of nitrogens with zero attached hydrogens (tertiary/aromatic N) is 2. The quantitative estimate of drug-likeness (QED) is 0.744. The number of methoxy groups -OCH3 is 1. The van der Waals surface area contributed by atoms with E-state index in [0.717, 1.165) is 19.3 Å². The fraction of sp³-hybridized carbons (Fsp3) is 0.545. The van der Waals surface area contributed by atoms with Crippen LogP contribution in [0.25, 0.3) is 10.9 Å². The summed E-state index contributed by atoms with van der Waals surface area (Å²) in [4.78, 5) is 27.8. The second-order valence-electron chi connectivity index (χ2n) is 9.40. The maximum absolute atomic E-state index is 15.5. The summed E-state index contributed by atoms with van der Waals surface area (Å²) in [5, 5.41) is -0.0663. The van der Waals surface area contributed by atoms with Crippen LogP contribution in [0.15, 0.2) is 15.9 Å². The molecule has 0 spiro atoms. The first-order valence-electron chi connectivity index (χ1n) is 10.6. The SMILES string of the molecule is COc1c(N2CC[C@@H](C(C)(C)N)C2)c(F)cc2c(=O)c3c(n(C4CC4)c12)SC(N)C3=O. The van der Waals surface area contributed by atoms with Gasteiger partial charge in [0.15, 0.2) is 17.3 Å². The van der Waals surface area contributed by atoms with E-state index in [0.29, 0.717) is 35.1 Å². The molecule has 31 heavy (non-hydrogen) atoms. The highest BCUT2D eigenvalue weighted by Gasteiger charge is 2.41. The largest absolute Gasteiger partial charge is 0.492 e. The van der Waals surface area contributed by atoms with Crippen molar-refractivity contribution < 1.29 is 13.9 Å². The van der Waals surface area contributed by atoms with Gasteiger partial charge in [0.2, 0.25) is 5.43 Å². The van der Waals surface area contributed by atoms with Gasteiger partial charge in [0.05, 0.1) is 28.6 Å². The van der Waals surface area contributed by atoms with E-state index in [9.17, 15) is 9.59 Å². The van der Waals surface area contributed by atoms with E-state index < -0.39 is 22.4 Å². The summed E-state index contributed by atoms with van der Waals surface area (Å²) in [6, 6.07) is 1.40. The van der Waals surface area contributed by atoms with Crippen LogP contribution in [-0.2, 0) is 0 Å². The first-order chi connectivity index (χ1) is 14.6. The Hall–Kier alpha value is -2.10. The lowest BCUT2D eigenvalue weighted by atomic mass is 9.88. The van der Waals surface area contributed by atoms with Crippen LogP contribution in [0.2, 0.25) is 0 Å². The average Bonchev–Trinajstić information content (AvgIpc) is 3.32. The Kier molecular flexibility index (Phi) is 4.66. The summed E-state index contributed by atoms with van der Waals surface area (Å²) in [5.41, 5.74) is 12.4. The van der Waals surface area contributed by atoms with Crippen molar-refractivity contribution in [2.24, 2.45) is 17.4 Å². The van der Waals surface area contributed by atoms with Gasteiger partial charge in [-0.3, -0.25) is 9.59 Å². The van der Waals surface area contributed by atoms with Gasteiger partial charge in [-0.15, -0.1) is 0 Å². The topological polar surface area (TPSA) is 104 Å². The van der Waals surface area contributed by atoms with Crippen LogP contribution in [0, 0.1) is 11.7 Å². The predicted octanol–water partition coefficient (Wildman–Crippen LogP) is 2.62. The molecule has 1 saturated carbocycles. The third-order valence-corrected chi connectivity index (χ3v) is 7.84. The molecular weight excluding hydrogens is 419 g/mol. The lowest BCUT2D eigenvalue weighted by Gasteiger charge is -2.29. The third-order valence-electron chi connectivity index (χ3n) is 6.74. The predicted molar refractivity (Wildman–Crippen MR) is 120 cm³/mol. The molecule has 1 saturated heterocycles. The number of aromatic nitrogens is 1. The molecule has 2 aromatic rings. The molecule has 7 nitrogen and oxygen atoms in total. The summed E-state index contributed by atoms with van der Waals surface area (Å²) in [6.07, 6.45) is 2.71. The van der Waals surface area contributed by atoms with Crippen LogP contribution in [-0.4, -0.2) is 41.5 Å². The molecule has 1 unspecified atom stereocenters. The molecular formula is C22H27FN4O3S. The molecule has 5 rings (SSSR count). The number of ether oxygens (including phenoxy) is 1. The van der Waals surface area contributed by atoms with Gasteiger partial charge in [-0.2, -0.15) is 0 Å². The van der Waals surface area contributed by atoms with E-state index in [2.05, 4.69) is 0 Å². The van der Waals surface area contributed by atoms with Crippen molar-refractivity contribution in [3.8, 4) is 5.75 Å². The number of fused-ring (bicyclic) bond motifs is 2. The fourth-order valence-electron chi connectivity index (χ4n) is 4.86. The molecule has 3 heterocycles. The smallest absolute Gasteiger partial charge is 0.201 e. The van der Waals surface area contributed by atoms with Gasteiger partial charge in [0.25, 0.3) is 0 Å². The Bertz CT molecular complexity index is 1170. The first-order valence-corrected chi connectivity index (χ1v) is 11.5. The van der Waals surface area contributed by atoms with Gasteiger partial charge in [-0.1, -0.05) is 11.8 Å². The van der Waals surface area contributed by atoms with Crippen LogP contribution in [0.4, 0.5) is 10.1 Å². The van der Waals surface area contributed by atoms with Gasteiger partial charge in [0.1, 0.15) is 11.1 Å². The number of Topliss-reactive ketones (excluding diaryl/α,β-unsaturated/α-hetero) is 1. The minimum absolute atomic E-state index is 0.0808. The van der Waals surface area contributed by atoms with E-state index in [1.807, 2.05) is 23.3 Å². The number of nitrogens with two attached hydrogens (primary N) is 2. The Morgan fingerprint density at radius 3 is 2.55 bits per heavy atom. The van der Waals surface area contributed by atoms with E-state index >= 15 is 4.39 Å². The van der Waals surface area contributed by atoms with Crippen molar-refractivity contribution in [3.05, 3.63) is 27.7 Å². The number of thioether (sulfide) groups is 1. The van der Waals surface area contributed by atoms with Crippen LogP contribution >= 0.6 is 11.8 Å². The monoisotopic (exact) mass is 446 g/mol. The highest BCUT2D eigenvalue weighted by molar-refractivity contribution is 8.01. The molecule has 4 N–H and O–H groups in total. The van der Waals surface area contributed by atoms with Gasteiger partial charge >= 0.3 is 0 Å². The van der Waals surface area contributed by atoms with Crippen LogP contribution in [0.3, 0.4) is 0 Å². The van der Waals surface area contributed by atoms with Gasteiger partial charge in [0, 0.05) is 24.7 Å². The molecule has 1 aromatic heterocycles. The van der Waals surface area contributed by atoms with Crippen LogP contribution in [0.1, 0.15) is 49.5 Å². The fourth-order valence-corrected chi connectivity index (χ4v) is 5.99. The minimum Gasteiger partial charge on any atom is -0.492 e. The average molecular weight is 447 g/mol. The van der Waals surface area contributed by atoms with E-state index in [-0.39, 0.29) is 28.4 Å². The Morgan fingerprint density at radius 2 is 1.97 bits per heavy atom. The highest BCUT2D eigenvalue weighted by Crippen LogP contribution is 2.49. The van der Waals surface area contributed by atoms with Crippen molar-refractivity contribution >= 4 is 34.1 Å². The normalized spacial score (nSPS) is 23.7. The molecule has 0 amide bonds. The lowest BCUT2D eigenvalue weighted by Crippen LogP contribution is -2.42. The van der Waals surface area contributed by atoms with Gasteiger partial charge in [-0.25, -0.2) is 4.39 Å². The standard InChI is InChI=1S/C22H27FN4O3S/c1-22(2,25)10-6-7-26(9-10)16-13(23)8-12-15(19(16)30-3)27(11-4-5-11)21-14(17(12)28)18(29)20(24)31-21/h8,10-11,20H,4-7,9,24-25H2,1-3H3/t10-,20?/m1/s1. The highest BCUT2D eigenvalue weighted by atomic mass is 32.2. The van der Waals surface area contributed by atoms with E-state index in [1.165, 1.54) is 24.9 Å². The molecule has 2 aliphatic heterocycles. The Morgan fingerprint density at radius 1 is 1.26 bits per heavy atom. The van der Waals surface area contributed by atoms with Crippen molar-refractivity contribution in [3.63, 3.8) is 0 Å². The number of benzene rings is 1. The Labute approximate surface area is 183 Å². The number of carbonyl (C=O) groups excluding carboxylic acids is 1. The van der Waals surface area contributed by atoms with Crippen LogP contribution in [0.5, 0.6) is 5.75 Å². The minimum atomic E-state index is -0.814. The number of anilines is 1. The van der Waals surface area contributed by atoms with Gasteiger partial charge < -0.3 is 25.7 Å². The molecule has 3 aliphatic rings. The first kappa shape index (κ1) is 20.8. The zero-order valence-corrected chi connectivity index (χ0v) is 18.7. The molecule has 1 aromatic carbocycles. The summed E-state index contributed by atoms with van der Waals surface area (Å²) in [7, 11) is 1.50. The van der Waals surface area contributed by atoms with E-state index in [1.54, 1.807) is 0 Å². The maximum atomic E-state index is 15.5. The number of hydrogen-bond acceptors (Lipinski definition) is 7. The summed E-state index contributed by atoms with van der Waals surface area (Å²) >= 11 is 1.20. The molecule has 0 radical (unpaired) electrons. The number of rotatable bonds is 4. The zero-order chi connectivity index (χ0) is 22.2. The third kappa shape index (κ3) is 3.08. The van der Waals surface area contributed by atoms with Crippen molar-refractivity contribution in [2.75, 3.05) is 25.1 Å².